The summed E-state index contributed by atoms with van der Waals surface area (Å²) in [6.45, 7) is 1.93. The number of carbonyl (C=O) groups is 1. The summed E-state index contributed by atoms with van der Waals surface area (Å²) in [6, 6.07) is 5.63. The lowest BCUT2D eigenvalue weighted by Crippen LogP contribution is -2.50. The molecule has 24 heavy (non-hydrogen) atoms. The van der Waals surface area contributed by atoms with Crippen LogP contribution in [-0.4, -0.2) is 51.1 Å². The second-order valence-corrected chi connectivity index (χ2v) is 6.98. The van der Waals surface area contributed by atoms with Gasteiger partial charge in [-0.2, -0.15) is 0 Å². The molecule has 3 rings (SSSR count). The SMILES string of the molecule is Cc1ccc([N+](=O)[O-])c(CN(C(=O)O)C2CC3CCC(C2)N3C)c1. The Labute approximate surface area is 141 Å². The highest BCUT2D eigenvalue weighted by atomic mass is 16.6. The zero-order chi connectivity index (χ0) is 17.4. The van der Waals surface area contributed by atoms with E-state index in [0.29, 0.717) is 17.6 Å². The number of aryl methyl sites for hydroxylation is 1. The van der Waals surface area contributed by atoms with Crippen molar-refractivity contribution in [3.63, 3.8) is 0 Å². The number of fused-ring (bicyclic) bond motifs is 2. The van der Waals surface area contributed by atoms with Crippen LogP contribution in [-0.2, 0) is 6.54 Å². The van der Waals surface area contributed by atoms with Gasteiger partial charge in [0.1, 0.15) is 0 Å². The molecular weight excluding hydrogens is 310 g/mol. The van der Waals surface area contributed by atoms with Crippen LogP contribution in [0.25, 0.3) is 0 Å². The average molecular weight is 333 g/mol. The number of rotatable bonds is 4. The number of piperidine rings is 1. The Balaban J connectivity index is 1.84. The van der Waals surface area contributed by atoms with E-state index in [2.05, 4.69) is 11.9 Å². The number of nitro benzene ring substituents is 1. The van der Waals surface area contributed by atoms with Gasteiger partial charge in [-0.3, -0.25) is 10.1 Å². The first-order valence-corrected chi connectivity index (χ1v) is 8.32. The number of benzene rings is 1. The number of nitro groups is 1. The Morgan fingerprint density at radius 1 is 1.38 bits per heavy atom. The molecule has 130 valence electrons. The first-order chi connectivity index (χ1) is 11.4. The zero-order valence-electron chi connectivity index (χ0n) is 14.0. The van der Waals surface area contributed by atoms with Gasteiger partial charge in [0.05, 0.1) is 11.5 Å². The minimum Gasteiger partial charge on any atom is -0.465 e. The Morgan fingerprint density at radius 3 is 2.54 bits per heavy atom. The maximum absolute atomic E-state index is 11.8. The van der Waals surface area contributed by atoms with Crippen LogP contribution in [0.2, 0.25) is 0 Å². The van der Waals surface area contributed by atoms with Crippen molar-refractivity contribution in [3.8, 4) is 0 Å². The molecule has 1 N–H and O–H groups in total. The van der Waals surface area contributed by atoms with Crippen molar-refractivity contribution in [1.82, 2.24) is 9.80 Å². The van der Waals surface area contributed by atoms with Crippen molar-refractivity contribution >= 4 is 11.8 Å². The summed E-state index contributed by atoms with van der Waals surface area (Å²) in [5.74, 6) is 0. The average Bonchev–Trinajstić information content (AvgIpc) is 2.73. The number of hydrogen-bond acceptors (Lipinski definition) is 4. The molecule has 0 aliphatic carbocycles. The summed E-state index contributed by atoms with van der Waals surface area (Å²) in [6.07, 6.45) is 2.82. The third kappa shape index (κ3) is 3.08. The Hall–Kier alpha value is -2.15. The quantitative estimate of drug-likeness (QED) is 0.676. The minimum atomic E-state index is -1.00. The number of carboxylic acid groups (broad SMARTS) is 1. The summed E-state index contributed by atoms with van der Waals surface area (Å²) in [4.78, 5) is 26.4. The van der Waals surface area contributed by atoms with Crippen LogP contribution in [0.1, 0.15) is 36.8 Å². The van der Waals surface area contributed by atoms with Gasteiger partial charge < -0.3 is 14.9 Å². The molecule has 2 saturated heterocycles. The number of nitrogens with zero attached hydrogens (tertiary/aromatic N) is 3. The molecule has 7 heteroatoms. The van der Waals surface area contributed by atoms with Gasteiger partial charge in [-0.05, 0) is 45.7 Å². The summed E-state index contributed by atoms with van der Waals surface area (Å²) >= 11 is 0. The molecule has 1 aromatic rings. The van der Waals surface area contributed by atoms with E-state index in [1.54, 1.807) is 12.1 Å². The van der Waals surface area contributed by atoms with Crippen LogP contribution in [0.4, 0.5) is 10.5 Å². The Kier molecular flexibility index (Phi) is 4.45. The van der Waals surface area contributed by atoms with Gasteiger partial charge in [-0.15, -0.1) is 0 Å². The van der Waals surface area contributed by atoms with Crippen molar-refractivity contribution in [3.05, 3.63) is 39.4 Å². The molecule has 2 heterocycles. The van der Waals surface area contributed by atoms with Gasteiger partial charge in [-0.1, -0.05) is 11.6 Å². The molecule has 2 fully saturated rings. The van der Waals surface area contributed by atoms with Gasteiger partial charge >= 0.3 is 6.09 Å². The third-order valence-corrected chi connectivity index (χ3v) is 5.53. The lowest BCUT2D eigenvalue weighted by atomic mass is 9.96. The molecule has 2 bridgehead atoms. The van der Waals surface area contributed by atoms with E-state index in [9.17, 15) is 20.0 Å². The first kappa shape index (κ1) is 16.7. The predicted molar refractivity (Wildman–Crippen MR) is 89.0 cm³/mol. The van der Waals surface area contributed by atoms with E-state index in [0.717, 1.165) is 31.2 Å². The minimum absolute atomic E-state index is 0.0113. The van der Waals surface area contributed by atoms with Gasteiger partial charge in [0.15, 0.2) is 0 Å². The van der Waals surface area contributed by atoms with Gasteiger partial charge in [0, 0.05) is 29.8 Å². The van der Waals surface area contributed by atoms with Crippen LogP contribution in [0.15, 0.2) is 18.2 Å². The van der Waals surface area contributed by atoms with Crippen molar-refractivity contribution in [2.75, 3.05) is 7.05 Å². The molecule has 1 aromatic carbocycles. The summed E-state index contributed by atoms with van der Waals surface area (Å²) in [7, 11) is 2.11. The molecule has 0 spiro atoms. The maximum atomic E-state index is 11.8. The van der Waals surface area contributed by atoms with Gasteiger partial charge in [0.25, 0.3) is 5.69 Å². The van der Waals surface area contributed by atoms with Gasteiger partial charge in [0.2, 0.25) is 0 Å². The standard InChI is InChI=1S/C17H23N3O4/c1-11-3-6-16(20(23)24)12(7-11)10-19(17(21)22)15-8-13-4-5-14(9-15)18(13)2/h3,6-7,13-15H,4-5,8-10H2,1-2H3,(H,21,22). The highest BCUT2D eigenvalue weighted by Gasteiger charge is 2.41. The van der Waals surface area contributed by atoms with Crippen molar-refractivity contribution in [2.24, 2.45) is 0 Å². The fourth-order valence-electron chi connectivity index (χ4n) is 4.19. The molecule has 1 amide bonds. The molecule has 0 aromatic heterocycles. The maximum Gasteiger partial charge on any atom is 0.407 e. The topological polar surface area (TPSA) is 86.9 Å². The highest BCUT2D eigenvalue weighted by Crippen LogP contribution is 2.37. The van der Waals surface area contributed by atoms with Crippen molar-refractivity contribution in [2.45, 2.75) is 57.3 Å². The molecule has 7 nitrogen and oxygen atoms in total. The van der Waals surface area contributed by atoms with E-state index in [1.807, 2.05) is 6.92 Å². The summed E-state index contributed by atoms with van der Waals surface area (Å²) in [5.41, 5.74) is 1.35. The molecule has 2 unspecified atom stereocenters. The lowest BCUT2D eigenvalue weighted by molar-refractivity contribution is -0.385. The van der Waals surface area contributed by atoms with Gasteiger partial charge in [-0.25, -0.2) is 4.79 Å². The van der Waals surface area contributed by atoms with E-state index in [1.165, 1.54) is 11.0 Å². The van der Waals surface area contributed by atoms with Crippen LogP contribution >= 0.6 is 0 Å². The normalized spacial score (nSPS) is 26.3. The van der Waals surface area contributed by atoms with Crippen LogP contribution in [0, 0.1) is 17.0 Å². The molecule has 2 aliphatic rings. The first-order valence-electron chi connectivity index (χ1n) is 8.32. The molecule has 2 aliphatic heterocycles. The van der Waals surface area contributed by atoms with Crippen molar-refractivity contribution in [1.29, 1.82) is 0 Å². The molecule has 0 radical (unpaired) electrons. The largest absolute Gasteiger partial charge is 0.465 e. The monoisotopic (exact) mass is 333 g/mol. The van der Waals surface area contributed by atoms with Crippen LogP contribution < -0.4 is 0 Å². The fourth-order valence-corrected chi connectivity index (χ4v) is 4.19. The van der Waals surface area contributed by atoms with Crippen molar-refractivity contribution < 1.29 is 14.8 Å². The van der Waals surface area contributed by atoms with E-state index >= 15 is 0 Å². The fraction of sp³-hybridized carbons (Fsp3) is 0.588. The highest BCUT2D eigenvalue weighted by molar-refractivity contribution is 5.66. The summed E-state index contributed by atoms with van der Waals surface area (Å²) in [5, 5.41) is 20.9. The van der Waals surface area contributed by atoms with Crippen LogP contribution in [0.5, 0.6) is 0 Å². The molecular formula is C17H23N3O4. The van der Waals surface area contributed by atoms with E-state index < -0.39 is 11.0 Å². The lowest BCUT2D eigenvalue weighted by Gasteiger charge is -2.40. The van der Waals surface area contributed by atoms with Crippen LogP contribution in [0.3, 0.4) is 0 Å². The van der Waals surface area contributed by atoms with E-state index in [4.69, 9.17) is 0 Å². The number of hydrogen-bond donors (Lipinski definition) is 1. The number of amides is 1. The second kappa shape index (κ2) is 6.39. The third-order valence-electron chi connectivity index (χ3n) is 5.53. The predicted octanol–water partition coefficient (Wildman–Crippen LogP) is 3.01. The zero-order valence-corrected chi connectivity index (χ0v) is 14.0. The molecule has 2 atom stereocenters. The van der Waals surface area contributed by atoms with E-state index in [-0.39, 0.29) is 18.3 Å². The second-order valence-electron chi connectivity index (χ2n) is 6.98. The smallest absolute Gasteiger partial charge is 0.407 e. The Morgan fingerprint density at radius 2 is 2.00 bits per heavy atom. The Bertz CT molecular complexity index is 649. The molecule has 0 saturated carbocycles. The summed E-state index contributed by atoms with van der Waals surface area (Å²) < 4.78 is 0.